The van der Waals surface area contributed by atoms with Gasteiger partial charge in [-0.25, -0.2) is 0 Å². The zero-order valence-corrected chi connectivity index (χ0v) is 21.5. The lowest BCUT2D eigenvalue weighted by Gasteiger charge is -2.40. The number of rotatable bonds is 8. The van der Waals surface area contributed by atoms with E-state index in [4.69, 9.17) is 19.0 Å². The number of carbonyl (C=O) groups is 2. The molecule has 0 spiro atoms. The average Bonchev–Trinajstić information content (AvgIpc) is 2.86. The predicted molar refractivity (Wildman–Crippen MR) is 137 cm³/mol. The van der Waals surface area contributed by atoms with Crippen molar-refractivity contribution < 1.29 is 64.3 Å². The van der Waals surface area contributed by atoms with E-state index in [1.807, 2.05) is 0 Å². The molecule has 1 fully saturated rings. The summed E-state index contributed by atoms with van der Waals surface area (Å²) in [5.74, 6) is -3.86. The molecule has 14 nitrogen and oxygen atoms in total. The molecule has 1 aromatic heterocycles. The molecule has 4 rings (SSSR count). The molecule has 0 radical (unpaired) electrons. The van der Waals surface area contributed by atoms with Gasteiger partial charge in [0.1, 0.15) is 65.5 Å². The van der Waals surface area contributed by atoms with Gasteiger partial charge in [0.25, 0.3) is 0 Å². The summed E-state index contributed by atoms with van der Waals surface area (Å²) in [6.45, 7) is 0.395. The van der Waals surface area contributed by atoms with E-state index in [1.54, 1.807) is 0 Å². The molecule has 0 amide bonds. The van der Waals surface area contributed by atoms with Crippen LogP contribution in [0.3, 0.4) is 0 Å². The van der Waals surface area contributed by atoms with Gasteiger partial charge < -0.3 is 54.7 Å². The van der Waals surface area contributed by atoms with Crippen LogP contribution in [0.1, 0.15) is 31.4 Å². The summed E-state index contributed by atoms with van der Waals surface area (Å²) >= 11 is 0. The zero-order valence-electron chi connectivity index (χ0n) is 21.5. The maximum Gasteiger partial charge on any atom is 0.308 e. The molecule has 8 N–H and O–H groups in total. The molecule has 2 heterocycles. The van der Waals surface area contributed by atoms with Crippen LogP contribution in [-0.4, -0.2) is 89.4 Å². The van der Waals surface area contributed by atoms with Crippen LogP contribution in [0.25, 0.3) is 22.3 Å². The first-order valence-electron chi connectivity index (χ1n) is 12.3. The summed E-state index contributed by atoms with van der Waals surface area (Å²) in [6, 6.07) is 7.41. The van der Waals surface area contributed by atoms with E-state index >= 15 is 0 Å². The van der Waals surface area contributed by atoms with Gasteiger partial charge in [0.15, 0.2) is 11.0 Å². The fraction of sp³-hybridized carbons (Fsp3) is 0.370. The van der Waals surface area contributed by atoms with Crippen molar-refractivity contribution in [2.24, 2.45) is 0 Å². The number of hydrogen-bond acceptors (Lipinski definition) is 13. The van der Waals surface area contributed by atoms with Crippen molar-refractivity contribution in [2.75, 3.05) is 6.61 Å². The number of carbonyl (C=O) groups excluding carboxylic acids is 1. The third-order valence-electron chi connectivity index (χ3n) is 6.61. The van der Waals surface area contributed by atoms with E-state index in [0.717, 1.165) is 19.1 Å². The molecule has 14 heteroatoms. The Morgan fingerprint density at radius 2 is 1.61 bits per heavy atom. The molecule has 6 unspecified atom stereocenters. The quantitative estimate of drug-likeness (QED) is 0.168. The number of aliphatic carboxylic acids is 1. The first kappa shape index (κ1) is 29.8. The third kappa shape index (κ3) is 6.26. The topological polar surface area (TPSA) is 245 Å². The van der Waals surface area contributed by atoms with E-state index < -0.39 is 90.0 Å². The monoisotopic (exact) mass is 576 g/mol. The number of aromatic hydroxyl groups is 3. The maximum atomic E-state index is 13.0. The summed E-state index contributed by atoms with van der Waals surface area (Å²) in [7, 11) is 0. The Hall–Kier alpha value is -4.21. The van der Waals surface area contributed by atoms with Gasteiger partial charge in [-0.15, -0.1) is 0 Å². The molecule has 1 aliphatic rings. The summed E-state index contributed by atoms with van der Waals surface area (Å²) in [5.41, 5.74) is -3.12. The Labute approximate surface area is 230 Å². The molecule has 41 heavy (non-hydrogen) atoms. The highest BCUT2D eigenvalue weighted by Crippen LogP contribution is 2.43. The van der Waals surface area contributed by atoms with Crippen LogP contribution in [0.5, 0.6) is 17.2 Å². The number of fused-ring (bicyclic) bond motifs is 1. The summed E-state index contributed by atoms with van der Waals surface area (Å²) in [4.78, 5) is 36.1. The molecule has 0 aliphatic carbocycles. The fourth-order valence-electron chi connectivity index (χ4n) is 4.62. The summed E-state index contributed by atoms with van der Waals surface area (Å²) in [5, 5.41) is 81.1. The molecule has 1 saturated heterocycles. The normalized spacial score (nSPS) is 24.1. The van der Waals surface area contributed by atoms with Gasteiger partial charge in [-0.1, -0.05) is 0 Å². The molecule has 0 saturated carbocycles. The van der Waals surface area contributed by atoms with Crippen LogP contribution in [0.2, 0.25) is 0 Å². The number of benzene rings is 2. The first-order valence-corrected chi connectivity index (χ1v) is 12.3. The molecular formula is C27H28O14. The van der Waals surface area contributed by atoms with E-state index in [2.05, 4.69) is 0 Å². The van der Waals surface area contributed by atoms with Crippen LogP contribution < -0.4 is 5.43 Å². The molecule has 220 valence electrons. The summed E-state index contributed by atoms with van der Waals surface area (Å²) in [6.07, 6.45) is -10.3. The van der Waals surface area contributed by atoms with Crippen molar-refractivity contribution in [1.82, 2.24) is 0 Å². The number of esters is 1. The molecule has 2 aromatic carbocycles. The second kappa shape index (κ2) is 11.3. The second-order valence-corrected chi connectivity index (χ2v) is 10.0. The minimum atomic E-state index is -1.93. The highest BCUT2D eigenvalue weighted by atomic mass is 16.6. The number of phenols is 3. The smallest absolute Gasteiger partial charge is 0.308 e. The molecule has 6 atom stereocenters. The minimum Gasteiger partial charge on any atom is -0.508 e. The number of aliphatic hydroxyl groups is 4. The van der Waals surface area contributed by atoms with E-state index in [-0.39, 0.29) is 22.5 Å². The lowest BCUT2D eigenvalue weighted by Crippen LogP contribution is -2.55. The average molecular weight is 577 g/mol. The SMILES string of the molecule is CC(O)(CC(=O)O)CC(=O)OCC1OC(c2c(O)cc(O)c3c(=O)cc(-c4ccc(O)cc4)oc23)C(O)C(O)C1O. The largest absolute Gasteiger partial charge is 0.508 e. The summed E-state index contributed by atoms with van der Waals surface area (Å²) < 4.78 is 16.6. The number of phenolic OH excluding ortho intramolecular Hbond substituents is 3. The Morgan fingerprint density at radius 3 is 2.24 bits per heavy atom. The van der Waals surface area contributed by atoms with E-state index in [1.165, 1.54) is 24.3 Å². The molecule has 1 aliphatic heterocycles. The lowest BCUT2D eigenvalue weighted by atomic mass is 9.89. The Bertz CT molecular complexity index is 1510. The Kier molecular flexibility index (Phi) is 8.24. The number of hydrogen-bond donors (Lipinski definition) is 8. The van der Waals surface area contributed by atoms with Crippen molar-refractivity contribution in [3.05, 3.63) is 52.2 Å². The van der Waals surface area contributed by atoms with Gasteiger partial charge in [-0.2, -0.15) is 0 Å². The van der Waals surface area contributed by atoms with Gasteiger partial charge in [-0.3, -0.25) is 14.4 Å². The lowest BCUT2D eigenvalue weighted by molar-refractivity contribution is -0.235. The van der Waals surface area contributed by atoms with Crippen molar-refractivity contribution in [3.8, 4) is 28.6 Å². The molecular weight excluding hydrogens is 548 g/mol. The predicted octanol–water partition coefficient (Wildman–Crippen LogP) is 0.258. The van der Waals surface area contributed by atoms with E-state index in [0.29, 0.717) is 5.56 Å². The Morgan fingerprint density at radius 1 is 0.951 bits per heavy atom. The number of aliphatic hydroxyl groups excluding tert-OH is 3. The van der Waals surface area contributed by atoms with E-state index in [9.17, 15) is 50.1 Å². The Balaban J connectivity index is 1.69. The van der Waals surface area contributed by atoms with Crippen LogP contribution in [0, 0.1) is 0 Å². The van der Waals surface area contributed by atoms with Crippen molar-refractivity contribution in [2.45, 2.75) is 55.9 Å². The van der Waals surface area contributed by atoms with Crippen molar-refractivity contribution in [1.29, 1.82) is 0 Å². The van der Waals surface area contributed by atoms with Gasteiger partial charge in [0.2, 0.25) is 0 Å². The highest BCUT2D eigenvalue weighted by molar-refractivity contribution is 5.89. The number of carboxylic acids is 1. The number of carboxylic acid groups (broad SMARTS) is 1. The van der Waals surface area contributed by atoms with Crippen LogP contribution in [-0.2, 0) is 19.1 Å². The minimum absolute atomic E-state index is 0.0430. The molecule has 3 aromatic rings. The van der Waals surface area contributed by atoms with Gasteiger partial charge >= 0.3 is 11.9 Å². The van der Waals surface area contributed by atoms with Gasteiger partial charge in [0.05, 0.1) is 24.0 Å². The van der Waals surface area contributed by atoms with Gasteiger partial charge in [-0.05, 0) is 31.2 Å². The van der Waals surface area contributed by atoms with Crippen molar-refractivity contribution in [3.63, 3.8) is 0 Å². The van der Waals surface area contributed by atoms with Crippen molar-refractivity contribution >= 4 is 22.9 Å². The number of ether oxygens (including phenoxy) is 2. The second-order valence-electron chi connectivity index (χ2n) is 10.0. The van der Waals surface area contributed by atoms with Gasteiger partial charge in [0, 0.05) is 17.7 Å². The standard InChI is InChI=1S/C27H28O14/c1-27(38,8-18(32)33)9-19(34)39-10-17-22(35)23(36)24(37)26(41-17)21-14(30)6-13(29)20-15(31)7-16(40-25(20)21)11-2-4-12(28)5-3-11/h2-7,17,22-24,26,28-30,35-38H,8-10H2,1H3,(H,32,33). The molecule has 0 bridgehead atoms. The zero-order chi connectivity index (χ0) is 30.2. The third-order valence-corrected chi connectivity index (χ3v) is 6.61. The first-order chi connectivity index (χ1) is 19.2. The maximum absolute atomic E-state index is 13.0. The van der Waals surface area contributed by atoms with Crippen LogP contribution in [0.15, 0.2) is 45.6 Å². The van der Waals surface area contributed by atoms with Crippen LogP contribution >= 0.6 is 0 Å². The van der Waals surface area contributed by atoms with Crippen LogP contribution in [0.4, 0.5) is 0 Å². The fourth-order valence-corrected chi connectivity index (χ4v) is 4.62. The highest BCUT2D eigenvalue weighted by Gasteiger charge is 2.47.